The molecule has 0 aliphatic carbocycles. The summed E-state index contributed by atoms with van der Waals surface area (Å²) in [5.74, 6) is 2.38. The first-order valence-electron chi connectivity index (χ1n) is 9.92. The fraction of sp³-hybridized carbons (Fsp3) is 0.304. The largest absolute Gasteiger partial charge is 0.493 e. The lowest BCUT2D eigenvalue weighted by molar-refractivity contribution is 0.236. The zero-order valence-electron chi connectivity index (χ0n) is 17.7. The van der Waals surface area contributed by atoms with Gasteiger partial charge in [-0.05, 0) is 30.3 Å². The summed E-state index contributed by atoms with van der Waals surface area (Å²) in [7, 11) is 4.79. The van der Waals surface area contributed by atoms with E-state index in [0.29, 0.717) is 53.2 Å². The van der Waals surface area contributed by atoms with Crippen LogP contribution in [-0.4, -0.2) is 42.7 Å². The summed E-state index contributed by atoms with van der Waals surface area (Å²) in [6.45, 7) is 1.90. The number of methoxy groups -OCH3 is 3. The van der Waals surface area contributed by atoms with Gasteiger partial charge in [0.15, 0.2) is 11.5 Å². The first-order chi connectivity index (χ1) is 15.0. The number of fused-ring (bicyclic) bond motifs is 1. The van der Waals surface area contributed by atoms with Gasteiger partial charge in [0.1, 0.15) is 5.82 Å². The van der Waals surface area contributed by atoms with Gasteiger partial charge in [-0.2, -0.15) is 0 Å². The van der Waals surface area contributed by atoms with Crippen LogP contribution in [0, 0.1) is 0 Å². The van der Waals surface area contributed by atoms with Crippen LogP contribution in [0.3, 0.4) is 0 Å². The molecule has 1 aliphatic heterocycles. The Morgan fingerprint density at radius 2 is 1.77 bits per heavy atom. The summed E-state index contributed by atoms with van der Waals surface area (Å²) in [5, 5.41) is 0.644. The number of ether oxygens (including phenoxy) is 3. The zero-order valence-corrected chi connectivity index (χ0v) is 18.5. The molecule has 0 atom stereocenters. The molecule has 7 nitrogen and oxygen atoms in total. The number of halogens is 1. The lowest BCUT2D eigenvalue weighted by Crippen LogP contribution is -2.35. The molecule has 4 rings (SSSR count). The molecule has 0 radical (unpaired) electrons. The van der Waals surface area contributed by atoms with Gasteiger partial charge in [-0.1, -0.05) is 17.7 Å². The fourth-order valence-corrected chi connectivity index (χ4v) is 4.01. The Morgan fingerprint density at radius 1 is 1.03 bits per heavy atom. The van der Waals surface area contributed by atoms with Crippen molar-refractivity contribution < 1.29 is 14.2 Å². The molecule has 1 aliphatic rings. The SMILES string of the molecule is COc1ccc(CN2CCc3nc(-c4ccc(Cl)cc4)[nH]c(=O)c3C2)c(OC)c1OC. The Morgan fingerprint density at radius 3 is 2.45 bits per heavy atom. The molecule has 0 unspecified atom stereocenters. The van der Waals surface area contributed by atoms with Crippen LogP contribution < -0.4 is 19.8 Å². The number of nitrogens with one attached hydrogen (secondary N) is 1. The van der Waals surface area contributed by atoms with Crippen molar-refractivity contribution >= 4 is 11.6 Å². The Labute approximate surface area is 185 Å². The molecule has 0 spiro atoms. The average molecular weight is 442 g/mol. The van der Waals surface area contributed by atoms with Crippen molar-refractivity contribution in [2.75, 3.05) is 27.9 Å². The minimum absolute atomic E-state index is 0.112. The fourth-order valence-electron chi connectivity index (χ4n) is 3.89. The van der Waals surface area contributed by atoms with Crippen LogP contribution in [0.1, 0.15) is 16.8 Å². The van der Waals surface area contributed by atoms with E-state index in [4.69, 9.17) is 30.8 Å². The van der Waals surface area contributed by atoms with Crippen molar-refractivity contribution in [3.63, 3.8) is 0 Å². The molecule has 8 heteroatoms. The Balaban J connectivity index is 1.59. The van der Waals surface area contributed by atoms with Gasteiger partial charge in [-0.25, -0.2) is 4.98 Å². The minimum atomic E-state index is -0.112. The van der Waals surface area contributed by atoms with E-state index in [0.717, 1.165) is 23.4 Å². The number of hydrogen-bond donors (Lipinski definition) is 1. The number of aromatic amines is 1. The molecule has 2 heterocycles. The summed E-state index contributed by atoms with van der Waals surface area (Å²) in [6.07, 6.45) is 0.690. The third-order valence-corrected chi connectivity index (χ3v) is 5.70. The topological polar surface area (TPSA) is 76.7 Å². The number of H-pyrrole nitrogens is 1. The summed E-state index contributed by atoms with van der Waals surface area (Å²) >= 11 is 5.96. The molecule has 1 N–H and O–H groups in total. The van der Waals surface area contributed by atoms with Crippen molar-refractivity contribution in [1.82, 2.24) is 14.9 Å². The third kappa shape index (κ3) is 4.24. The van der Waals surface area contributed by atoms with E-state index >= 15 is 0 Å². The van der Waals surface area contributed by atoms with Crippen molar-refractivity contribution in [3.8, 4) is 28.6 Å². The van der Waals surface area contributed by atoms with Gasteiger partial charge in [0.05, 0.1) is 32.6 Å². The normalized spacial score (nSPS) is 13.5. The summed E-state index contributed by atoms with van der Waals surface area (Å²) < 4.78 is 16.4. The van der Waals surface area contributed by atoms with Crippen LogP contribution >= 0.6 is 11.6 Å². The highest BCUT2D eigenvalue weighted by Gasteiger charge is 2.24. The molecule has 31 heavy (non-hydrogen) atoms. The lowest BCUT2D eigenvalue weighted by atomic mass is 10.0. The van der Waals surface area contributed by atoms with Gasteiger partial charge in [0.2, 0.25) is 5.75 Å². The second-order valence-corrected chi connectivity index (χ2v) is 7.74. The molecule has 1 aromatic heterocycles. The smallest absolute Gasteiger partial charge is 0.255 e. The second kappa shape index (κ2) is 8.99. The zero-order chi connectivity index (χ0) is 22.0. The standard InChI is InChI=1S/C23H24ClN3O4/c1-29-19-9-6-15(20(30-2)21(19)31-3)12-27-11-10-18-17(13-27)23(28)26-22(25-18)14-4-7-16(24)8-5-14/h4-9H,10-13H2,1-3H3,(H,25,26,28). The van der Waals surface area contributed by atoms with Gasteiger partial charge in [0.25, 0.3) is 5.56 Å². The molecular formula is C23H24ClN3O4. The molecule has 0 bridgehead atoms. The number of nitrogens with zero attached hydrogens (tertiary/aromatic N) is 2. The van der Waals surface area contributed by atoms with Crippen LogP contribution in [-0.2, 0) is 19.5 Å². The second-order valence-electron chi connectivity index (χ2n) is 7.30. The van der Waals surface area contributed by atoms with Crippen LogP contribution in [0.25, 0.3) is 11.4 Å². The molecule has 162 valence electrons. The quantitative estimate of drug-likeness (QED) is 0.629. The minimum Gasteiger partial charge on any atom is -0.493 e. The highest BCUT2D eigenvalue weighted by Crippen LogP contribution is 2.40. The predicted octanol–water partition coefficient (Wildman–Crippen LogP) is 3.67. The number of benzene rings is 2. The van der Waals surface area contributed by atoms with Gasteiger partial charge in [-0.15, -0.1) is 0 Å². The van der Waals surface area contributed by atoms with E-state index < -0.39 is 0 Å². The Bertz CT molecular complexity index is 1140. The first kappa shape index (κ1) is 21.2. The van der Waals surface area contributed by atoms with E-state index in [2.05, 4.69) is 9.88 Å². The van der Waals surface area contributed by atoms with Gasteiger partial charge < -0.3 is 19.2 Å². The van der Waals surface area contributed by atoms with Crippen molar-refractivity contribution in [1.29, 1.82) is 0 Å². The summed E-state index contributed by atoms with van der Waals surface area (Å²) in [5.41, 5.74) is 3.22. The number of aromatic nitrogens is 2. The van der Waals surface area contributed by atoms with Crippen molar-refractivity contribution in [3.05, 3.63) is 68.6 Å². The maximum absolute atomic E-state index is 12.8. The van der Waals surface area contributed by atoms with E-state index in [1.165, 1.54) is 0 Å². The molecule has 0 saturated heterocycles. The van der Waals surface area contributed by atoms with Crippen LogP contribution in [0.2, 0.25) is 5.02 Å². The molecule has 3 aromatic rings. The molecule has 0 amide bonds. The van der Waals surface area contributed by atoms with Gasteiger partial charge >= 0.3 is 0 Å². The number of hydrogen-bond acceptors (Lipinski definition) is 6. The lowest BCUT2D eigenvalue weighted by Gasteiger charge is -2.28. The first-order valence-corrected chi connectivity index (χ1v) is 10.3. The van der Waals surface area contributed by atoms with Crippen LogP contribution in [0.15, 0.2) is 41.2 Å². The average Bonchev–Trinajstić information content (AvgIpc) is 2.79. The summed E-state index contributed by atoms with van der Waals surface area (Å²) in [4.78, 5) is 22.6. The Kier molecular flexibility index (Phi) is 6.15. The Hall–Kier alpha value is -3.03. The highest BCUT2D eigenvalue weighted by atomic mass is 35.5. The van der Waals surface area contributed by atoms with Gasteiger partial charge in [-0.3, -0.25) is 9.69 Å². The van der Waals surface area contributed by atoms with Crippen LogP contribution in [0.5, 0.6) is 17.2 Å². The maximum atomic E-state index is 12.8. The van der Waals surface area contributed by atoms with E-state index in [-0.39, 0.29) is 5.56 Å². The maximum Gasteiger partial charge on any atom is 0.255 e. The molecule has 2 aromatic carbocycles. The summed E-state index contributed by atoms with van der Waals surface area (Å²) in [6, 6.07) is 11.1. The molecule has 0 fully saturated rings. The van der Waals surface area contributed by atoms with Crippen molar-refractivity contribution in [2.24, 2.45) is 0 Å². The monoisotopic (exact) mass is 441 g/mol. The molecular weight excluding hydrogens is 418 g/mol. The van der Waals surface area contributed by atoms with E-state index in [1.54, 1.807) is 33.5 Å². The van der Waals surface area contributed by atoms with E-state index in [1.807, 2.05) is 24.3 Å². The van der Waals surface area contributed by atoms with Crippen molar-refractivity contribution in [2.45, 2.75) is 19.5 Å². The van der Waals surface area contributed by atoms with E-state index in [9.17, 15) is 4.79 Å². The number of rotatable bonds is 6. The predicted molar refractivity (Wildman–Crippen MR) is 119 cm³/mol. The van der Waals surface area contributed by atoms with Gasteiger partial charge in [0, 0.05) is 42.2 Å². The van der Waals surface area contributed by atoms with Crippen LogP contribution in [0.4, 0.5) is 0 Å². The third-order valence-electron chi connectivity index (χ3n) is 5.45. The highest BCUT2D eigenvalue weighted by molar-refractivity contribution is 6.30. The molecule has 0 saturated carbocycles.